The second-order valence-electron chi connectivity index (χ2n) is 8.40. The molecular weight excluding hydrogens is 414 g/mol. The van der Waals surface area contributed by atoms with Gasteiger partial charge in [-0.3, -0.25) is 14.2 Å². The van der Waals surface area contributed by atoms with E-state index in [1.54, 1.807) is 28.8 Å². The number of fused-ring (bicyclic) bond motifs is 1. The monoisotopic (exact) mass is 441 g/mol. The molecule has 0 bridgehead atoms. The third kappa shape index (κ3) is 4.82. The topological polar surface area (TPSA) is 68.5 Å². The molecule has 4 aromatic rings. The molecule has 0 aliphatic rings. The number of carboxylic acids is 1. The van der Waals surface area contributed by atoms with E-state index in [0.29, 0.717) is 29.0 Å². The second-order valence-corrected chi connectivity index (χ2v) is 8.40. The van der Waals surface area contributed by atoms with Crippen molar-refractivity contribution < 1.29 is 19.4 Å². The van der Waals surface area contributed by atoms with Crippen molar-refractivity contribution >= 4 is 22.8 Å². The molecule has 0 radical (unpaired) electrons. The van der Waals surface area contributed by atoms with E-state index in [-0.39, 0.29) is 12.3 Å². The maximum absolute atomic E-state index is 13.3. The average Bonchev–Trinajstić information content (AvgIpc) is 3.12. The number of rotatable bonds is 7. The highest BCUT2D eigenvalue weighted by molar-refractivity contribution is 6.04. The quantitative estimate of drug-likeness (QED) is 0.411. The van der Waals surface area contributed by atoms with Crippen LogP contribution in [0.15, 0.2) is 66.7 Å². The van der Waals surface area contributed by atoms with Gasteiger partial charge in [-0.1, -0.05) is 35.9 Å². The number of benzene rings is 3. The lowest BCUT2D eigenvalue weighted by Gasteiger charge is -2.11. The molecule has 0 fully saturated rings. The molecule has 0 spiro atoms. The van der Waals surface area contributed by atoms with Crippen LogP contribution in [-0.2, 0) is 17.6 Å². The summed E-state index contributed by atoms with van der Waals surface area (Å²) in [4.78, 5) is 24.4. The lowest BCUT2D eigenvalue weighted by Crippen LogP contribution is -2.13. The van der Waals surface area contributed by atoms with Crippen molar-refractivity contribution in [2.45, 2.75) is 33.6 Å². The first-order valence-corrected chi connectivity index (χ1v) is 11.0. The molecule has 0 aliphatic heterocycles. The number of ether oxygens (including phenoxy) is 1. The third-order valence-electron chi connectivity index (χ3n) is 5.90. The van der Waals surface area contributed by atoms with Crippen LogP contribution in [0.4, 0.5) is 0 Å². The maximum atomic E-state index is 13.3. The lowest BCUT2D eigenvalue weighted by molar-refractivity contribution is -0.136. The van der Waals surface area contributed by atoms with Crippen LogP contribution >= 0.6 is 0 Å². The first-order chi connectivity index (χ1) is 15.8. The fourth-order valence-corrected chi connectivity index (χ4v) is 4.24. The van der Waals surface area contributed by atoms with Crippen LogP contribution in [0, 0.1) is 20.8 Å². The molecule has 4 rings (SSSR count). The number of carbonyl (C=O) groups is 2. The summed E-state index contributed by atoms with van der Waals surface area (Å²) in [5.74, 6) is -0.335. The Morgan fingerprint density at radius 1 is 0.909 bits per heavy atom. The van der Waals surface area contributed by atoms with Crippen LogP contribution in [-0.4, -0.2) is 28.2 Å². The molecule has 1 heterocycles. The zero-order chi connectivity index (χ0) is 23.5. The van der Waals surface area contributed by atoms with Gasteiger partial charge in [0, 0.05) is 23.1 Å². The van der Waals surface area contributed by atoms with Crippen molar-refractivity contribution in [3.63, 3.8) is 0 Å². The van der Waals surface area contributed by atoms with E-state index in [1.165, 1.54) is 16.7 Å². The first-order valence-electron chi connectivity index (χ1n) is 11.0. The molecule has 5 heteroatoms. The normalized spacial score (nSPS) is 11.0. The van der Waals surface area contributed by atoms with Gasteiger partial charge in [-0.15, -0.1) is 0 Å². The van der Waals surface area contributed by atoms with Crippen molar-refractivity contribution in [1.82, 2.24) is 4.57 Å². The van der Waals surface area contributed by atoms with Gasteiger partial charge in [0.05, 0.1) is 18.5 Å². The Balaban J connectivity index is 1.49. The largest absolute Gasteiger partial charge is 0.493 e. The Morgan fingerprint density at radius 3 is 2.36 bits per heavy atom. The Bertz CT molecular complexity index is 1330. The SMILES string of the molecule is Cc1ccc(CCOc2ccc(C(=O)n3c(C)cc4c(CC(=O)O)cccc43)cc2)c(C)c1. The van der Waals surface area contributed by atoms with E-state index in [9.17, 15) is 14.7 Å². The minimum absolute atomic E-state index is 0.0802. The number of aryl methyl sites for hydroxylation is 3. The Labute approximate surface area is 193 Å². The summed E-state index contributed by atoms with van der Waals surface area (Å²) in [7, 11) is 0. The minimum Gasteiger partial charge on any atom is -0.493 e. The fourth-order valence-electron chi connectivity index (χ4n) is 4.24. The fraction of sp³-hybridized carbons (Fsp3) is 0.214. The van der Waals surface area contributed by atoms with Gasteiger partial charge in [-0.05, 0) is 73.9 Å². The van der Waals surface area contributed by atoms with Gasteiger partial charge in [-0.2, -0.15) is 0 Å². The summed E-state index contributed by atoms with van der Waals surface area (Å²) < 4.78 is 7.53. The molecule has 5 nitrogen and oxygen atoms in total. The van der Waals surface area contributed by atoms with Crippen molar-refractivity contribution in [3.05, 3.63) is 100 Å². The summed E-state index contributed by atoms with van der Waals surface area (Å²) in [6, 6.07) is 20.9. The Kier molecular flexibility index (Phi) is 6.31. The van der Waals surface area contributed by atoms with E-state index in [2.05, 4.69) is 32.0 Å². The lowest BCUT2D eigenvalue weighted by atomic mass is 10.0. The van der Waals surface area contributed by atoms with Crippen molar-refractivity contribution in [3.8, 4) is 5.75 Å². The van der Waals surface area contributed by atoms with Gasteiger partial charge in [-0.25, -0.2) is 0 Å². The van der Waals surface area contributed by atoms with Gasteiger partial charge < -0.3 is 9.84 Å². The number of aromatic nitrogens is 1. The molecule has 0 saturated heterocycles. The number of aliphatic carboxylic acids is 1. The number of carbonyl (C=O) groups excluding carboxylic acids is 1. The predicted molar refractivity (Wildman–Crippen MR) is 129 cm³/mol. The van der Waals surface area contributed by atoms with Crippen LogP contribution in [0.3, 0.4) is 0 Å². The molecule has 1 N–H and O–H groups in total. The van der Waals surface area contributed by atoms with Crippen LogP contribution in [0.5, 0.6) is 5.75 Å². The molecule has 0 amide bonds. The summed E-state index contributed by atoms with van der Waals surface area (Å²) in [6.45, 7) is 6.61. The highest BCUT2D eigenvalue weighted by Gasteiger charge is 2.17. The smallest absolute Gasteiger partial charge is 0.307 e. The van der Waals surface area contributed by atoms with Crippen molar-refractivity contribution in [1.29, 1.82) is 0 Å². The summed E-state index contributed by atoms with van der Waals surface area (Å²) >= 11 is 0. The highest BCUT2D eigenvalue weighted by Crippen LogP contribution is 2.25. The number of hydrogen-bond acceptors (Lipinski definition) is 3. The molecule has 0 aliphatic carbocycles. The molecule has 0 saturated carbocycles. The maximum Gasteiger partial charge on any atom is 0.307 e. The first kappa shape index (κ1) is 22.3. The Hall–Kier alpha value is -3.86. The van der Waals surface area contributed by atoms with Gasteiger partial charge in [0.2, 0.25) is 0 Å². The summed E-state index contributed by atoms with van der Waals surface area (Å²) in [5.41, 5.74) is 6.50. The van der Waals surface area contributed by atoms with Crippen LogP contribution in [0.25, 0.3) is 10.9 Å². The number of nitrogens with zero attached hydrogens (tertiary/aromatic N) is 1. The van der Waals surface area contributed by atoms with E-state index >= 15 is 0 Å². The number of hydrogen-bond donors (Lipinski definition) is 1. The zero-order valence-corrected chi connectivity index (χ0v) is 19.1. The van der Waals surface area contributed by atoms with Gasteiger partial charge in [0.15, 0.2) is 0 Å². The van der Waals surface area contributed by atoms with E-state index < -0.39 is 5.97 Å². The predicted octanol–water partition coefficient (Wildman–Crippen LogP) is 5.50. The second kappa shape index (κ2) is 9.33. The minimum atomic E-state index is -0.896. The van der Waals surface area contributed by atoms with Crippen molar-refractivity contribution in [2.75, 3.05) is 6.61 Å². The van der Waals surface area contributed by atoms with Gasteiger partial charge >= 0.3 is 5.97 Å². The Morgan fingerprint density at radius 2 is 1.67 bits per heavy atom. The summed E-state index contributed by atoms with van der Waals surface area (Å²) in [6.07, 6.45) is 0.739. The molecule has 0 unspecified atom stereocenters. The van der Waals surface area contributed by atoms with Crippen LogP contribution < -0.4 is 4.74 Å². The number of carboxylic acid groups (broad SMARTS) is 1. The van der Waals surface area contributed by atoms with Crippen LogP contribution in [0.1, 0.15) is 38.3 Å². The van der Waals surface area contributed by atoms with E-state index in [0.717, 1.165) is 17.5 Å². The molecule has 1 aromatic heterocycles. The third-order valence-corrected chi connectivity index (χ3v) is 5.90. The molecule has 0 atom stereocenters. The standard InChI is InChI=1S/C28H27NO4/c1-18-7-8-21(19(2)15-18)13-14-33-24-11-9-22(10-12-24)28(32)29-20(3)16-25-23(17-27(30)31)5-4-6-26(25)29/h4-12,15-16H,13-14,17H2,1-3H3,(H,30,31). The average molecular weight is 442 g/mol. The van der Waals surface area contributed by atoms with E-state index in [4.69, 9.17) is 4.74 Å². The van der Waals surface area contributed by atoms with E-state index in [1.807, 2.05) is 31.2 Å². The zero-order valence-electron chi connectivity index (χ0n) is 19.1. The molecule has 33 heavy (non-hydrogen) atoms. The van der Waals surface area contributed by atoms with Crippen LogP contribution in [0.2, 0.25) is 0 Å². The molecule has 3 aromatic carbocycles. The molecular formula is C28H27NO4. The van der Waals surface area contributed by atoms with Crippen molar-refractivity contribution in [2.24, 2.45) is 0 Å². The molecule has 168 valence electrons. The van der Waals surface area contributed by atoms with Gasteiger partial charge in [0.25, 0.3) is 5.91 Å². The highest BCUT2D eigenvalue weighted by atomic mass is 16.5. The van der Waals surface area contributed by atoms with Gasteiger partial charge in [0.1, 0.15) is 5.75 Å². The summed E-state index contributed by atoms with van der Waals surface area (Å²) in [5, 5.41) is 9.97.